The van der Waals surface area contributed by atoms with Crippen molar-refractivity contribution < 1.29 is 19.1 Å². The third-order valence-corrected chi connectivity index (χ3v) is 3.55. The predicted octanol–water partition coefficient (Wildman–Crippen LogP) is 4.27. The number of rotatable bonds is 4. The normalized spacial score (nSPS) is 11.2. The van der Waals surface area contributed by atoms with E-state index in [9.17, 15) is 9.59 Å². The summed E-state index contributed by atoms with van der Waals surface area (Å²) in [5, 5.41) is 2.54. The average molecular weight is 367 g/mol. The maximum Gasteiger partial charge on any atom is 0.414 e. The number of H-pyrrole nitrogens is 1. The van der Waals surface area contributed by atoms with Gasteiger partial charge in [0.25, 0.3) is 0 Å². The molecule has 0 bridgehead atoms. The van der Waals surface area contributed by atoms with Crippen molar-refractivity contribution in [2.75, 3.05) is 5.32 Å². The summed E-state index contributed by atoms with van der Waals surface area (Å²) >= 11 is 0. The molecule has 0 fully saturated rings. The van der Waals surface area contributed by atoms with Gasteiger partial charge < -0.3 is 14.5 Å². The van der Waals surface area contributed by atoms with E-state index in [-0.39, 0.29) is 12.6 Å². The Kier molecular flexibility index (Phi) is 5.12. The van der Waals surface area contributed by atoms with E-state index < -0.39 is 17.7 Å². The molecule has 0 unspecified atom stereocenters. The predicted molar refractivity (Wildman–Crippen MR) is 102 cm³/mol. The Morgan fingerprint density at radius 2 is 1.85 bits per heavy atom. The van der Waals surface area contributed by atoms with Crippen molar-refractivity contribution in [3.63, 3.8) is 0 Å². The molecule has 0 atom stereocenters. The van der Waals surface area contributed by atoms with Gasteiger partial charge in [-0.2, -0.15) is 0 Å². The average Bonchev–Trinajstić information content (AvgIpc) is 2.99. The third kappa shape index (κ3) is 5.07. The summed E-state index contributed by atoms with van der Waals surface area (Å²) in [5.74, 6) is -0.189. The van der Waals surface area contributed by atoms with Gasteiger partial charge >= 0.3 is 12.1 Å². The number of hydrogen-bond donors (Lipinski definition) is 2. The fourth-order valence-electron chi connectivity index (χ4n) is 2.40. The topological polar surface area (TPSA) is 93.3 Å². The van der Waals surface area contributed by atoms with E-state index in [1.54, 1.807) is 39.0 Å². The number of carbonyl (C=O) groups is 2. The van der Waals surface area contributed by atoms with Crippen molar-refractivity contribution in [3.8, 4) is 0 Å². The number of aromatic amines is 1. The van der Waals surface area contributed by atoms with Gasteiger partial charge in [-0.15, -0.1) is 0 Å². The Balaban J connectivity index is 1.68. The molecule has 0 aliphatic heterocycles. The first kappa shape index (κ1) is 18.4. The standard InChI is InChI=1S/C20H21N3O4/c1-20(2,3)27-19(25)23-18-21-15-10-9-14(11-16(15)22-18)17(24)26-12-13-7-5-4-6-8-13/h4-11H,12H2,1-3H3,(H2,21,22,23,25). The minimum absolute atomic E-state index is 0.201. The monoisotopic (exact) mass is 367 g/mol. The molecule has 0 aliphatic carbocycles. The molecule has 27 heavy (non-hydrogen) atoms. The van der Waals surface area contributed by atoms with E-state index in [0.29, 0.717) is 16.6 Å². The molecule has 1 amide bonds. The molecule has 0 aliphatic rings. The van der Waals surface area contributed by atoms with Crippen LogP contribution in [0.3, 0.4) is 0 Å². The Morgan fingerprint density at radius 1 is 1.11 bits per heavy atom. The molecule has 0 spiro atoms. The Bertz CT molecular complexity index is 958. The lowest BCUT2D eigenvalue weighted by Gasteiger charge is -2.18. The van der Waals surface area contributed by atoms with Gasteiger partial charge in [-0.25, -0.2) is 14.6 Å². The van der Waals surface area contributed by atoms with Gasteiger partial charge in [0.05, 0.1) is 16.6 Å². The number of carbonyl (C=O) groups excluding carboxylic acids is 2. The minimum atomic E-state index is -0.607. The molecule has 3 aromatic rings. The Hall–Kier alpha value is -3.35. The van der Waals surface area contributed by atoms with Crippen molar-refractivity contribution in [2.24, 2.45) is 0 Å². The molecule has 0 saturated carbocycles. The van der Waals surface area contributed by atoms with Crippen molar-refractivity contribution in [2.45, 2.75) is 33.0 Å². The highest BCUT2D eigenvalue weighted by molar-refractivity contribution is 5.94. The fourth-order valence-corrected chi connectivity index (χ4v) is 2.40. The number of fused-ring (bicyclic) bond motifs is 1. The van der Waals surface area contributed by atoms with Crippen LogP contribution in [0.2, 0.25) is 0 Å². The van der Waals surface area contributed by atoms with E-state index in [1.807, 2.05) is 30.3 Å². The molecule has 0 saturated heterocycles. The summed E-state index contributed by atoms with van der Waals surface area (Å²) in [6.45, 7) is 5.53. The first-order chi connectivity index (χ1) is 12.8. The van der Waals surface area contributed by atoms with Crippen LogP contribution in [0.5, 0.6) is 0 Å². The summed E-state index contributed by atoms with van der Waals surface area (Å²) in [7, 11) is 0. The number of amides is 1. The number of esters is 1. The van der Waals surface area contributed by atoms with Crippen LogP contribution < -0.4 is 5.32 Å². The maximum absolute atomic E-state index is 12.3. The van der Waals surface area contributed by atoms with Crippen molar-refractivity contribution in [1.82, 2.24) is 9.97 Å². The number of nitrogens with zero attached hydrogens (tertiary/aromatic N) is 1. The lowest BCUT2D eigenvalue weighted by molar-refractivity contribution is 0.0472. The molecule has 2 aromatic carbocycles. The van der Waals surface area contributed by atoms with Crippen LogP contribution in [-0.2, 0) is 16.1 Å². The van der Waals surface area contributed by atoms with E-state index >= 15 is 0 Å². The molecule has 2 N–H and O–H groups in total. The van der Waals surface area contributed by atoms with Crippen LogP contribution in [0, 0.1) is 0 Å². The summed E-state index contributed by atoms with van der Waals surface area (Å²) in [4.78, 5) is 31.3. The lowest BCUT2D eigenvalue weighted by atomic mass is 10.2. The smallest absolute Gasteiger partial charge is 0.414 e. The molecule has 3 rings (SSSR count). The quantitative estimate of drug-likeness (QED) is 0.672. The van der Waals surface area contributed by atoms with E-state index in [4.69, 9.17) is 9.47 Å². The zero-order chi connectivity index (χ0) is 19.4. The lowest BCUT2D eigenvalue weighted by Crippen LogP contribution is -2.27. The highest BCUT2D eigenvalue weighted by Crippen LogP contribution is 2.18. The number of nitrogens with one attached hydrogen (secondary N) is 2. The maximum atomic E-state index is 12.3. The van der Waals surface area contributed by atoms with Crippen LogP contribution in [0.15, 0.2) is 48.5 Å². The van der Waals surface area contributed by atoms with Gasteiger partial charge in [-0.1, -0.05) is 30.3 Å². The van der Waals surface area contributed by atoms with Gasteiger partial charge in [0.2, 0.25) is 5.95 Å². The van der Waals surface area contributed by atoms with Crippen LogP contribution in [0.25, 0.3) is 11.0 Å². The van der Waals surface area contributed by atoms with Gasteiger partial charge in [0.15, 0.2) is 0 Å². The van der Waals surface area contributed by atoms with Crippen LogP contribution >= 0.6 is 0 Å². The first-order valence-corrected chi connectivity index (χ1v) is 8.51. The molecular weight excluding hydrogens is 346 g/mol. The number of aromatic nitrogens is 2. The van der Waals surface area contributed by atoms with Crippen molar-refractivity contribution >= 4 is 29.0 Å². The number of imidazole rings is 1. The highest BCUT2D eigenvalue weighted by Gasteiger charge is 2.17. The minimum Gasteiger partial charge on any atom is -0.457 e. The zero-order valence-corrected chi connectivity index (χ0v) is 15.4. The Labute approximate surface area is 156 Å². The molecule has 7 heteroatoms. The molecule has 1 aromatic heterocycles. The summed E-state index contributed by atoms with van der Waals surface area (Å²) < 4.78 is 10.5. The first-order valence-electron chi connectivity index (χ1n) is 8.51. The van der Waals surface area contributed by atoms with E-state index in [1.165, 1.54) is 0 Å². The van der Waals surface area contributed by atoms with Gasteiger partial charge in [0.1, 0.15) is 12.2 Å². The van der Waals surface area contributed by atoms with Crippen LogP contribution in [0.1, 0.15) is 36.7 Å². The zero-order valence-electron chi connectivity index (χ0n) is 15.4. The molecular formula is C20H21N3O4. The third-order valence-electron chi connectivity index (χ3n) is 3.55. The molecule has 7 nitrogen and oxygen atoms in total. The number of hydrogen-bond acceptors (Lipinski definition) is 5. The van der Waals surface area contributed by atoms with Gasteiger partial charge in [-0.05, 0) is 44.5 Å². The van der Waals surface area contributed by atoms with Crippen molar-refractivity contribution in [3.05, 3.63) is 59.7 Å². The summed E-state index contributed by atoms with van der Waals surface area (Å²) in [6, 6.07) is 14.4. The number of benzene rings is 2. The molecule has 140 valence electrons. The highest BCUT2D eigenvalue weighted by atomic mass is 16.6. The van der Waals surface area contributed by atoms with Gasteiger partial charge in [0, 0.05) is 0 Å². The fraction of sp³-hybridized carbons (Fsp3) is 0.250. The van der Waals surface area contributed by atoms with Crippen molar-refractivity contribution in [1.29, 1.82) is 0 Å². The van der Waals surface area contributed by atoms with Crippen LogP contribution in [0.4, 0.5) is 10.7 Å². The second-order valence-electron chi connectivity index (χ2n) is 7.01. The molecule has 1 heterocycles. The SMILES string of the molecule is CC(C)(C)OC(=O)Nc1nc2ccc(C(=O)OCc3ccccc3)cc2[nH]1. The summed E-state index contributed by atoms with van der Waals surface area (Å²) in [6.07, 6.45) is -0.607. The largest absolute Gasteiger partial charge is 0.457 e. The second kappa shape index (κ2) is 7.49. The summed E-state index contributed by atoms with van der Waals surface area (Å²) in [5.41, 5.74) is 1.92. The van der Waals surface area contributed by atoms with E-state index in [0.717, 1.165) is 5.56 Å². The van der Waals surface area contributed by atoms with Gasteiger partial charge in [-0.3, -0.25) is 5.32 Å². The number of anilines is 1. The Morgan fingerprint density at radius 3 is 2.56 bits per heavy atom. The van der Waals surface area contributed by atoms with E-state index in [2.05, 4.69) is 15.3 Å². The second-order valence-corrected chi connectivity index (χ2v) is 7.01. The number of ether oxygens (including phenoxy) is 2. The van der Waals surface area contributed by atoms with Crippen LogP contribution in [-0.4, -0.2) is 27.6 Å². The molecule has 0 radical (unpaired) electrons.